The van der Waals surface area contributed by atoms with Crippen LogP contribution in [0.5, 0.6) is 0 Å². The molecule has 4 rings (SSSR count). The molecule has 9 nitrogen and oxygen atoms in total. The Bertz CT molecular complexity index is 1420. The average Bonchev–Trinajstić information content (AvgIpc) is 3.34. The van der Waals surface area contributed by atoms with E-state index in [2.05, 4.69) is 9.99 Å². The third-order valence-corrected chi connectivity index (χ3v) is 4.52. The van der Waals surface area contributed by atoms with Crippen molar-refractivity contribution in [1.29, 1.82) is 0 Å². The Morgan fingerprint density at radius 2 is 1.62 bits per heavy atom. The first kappa shape index (κ1) is 20.5. The van der Waals surface area contributed by atoms with Crippen molar-refractivity contribution in [3.63, 3.8) is 0 Å². The molecule has 0 aliphatic rings. The van der Waals surface area contributed by atoms with Crippen LogP contribution in [-0.4, -0.2) is 33.2 Å². The summed E-state index contributed by atoms with van der Waals surface area (Å²) in [6.45, 7) is 0. The molecule has 0 bridgehead atoms. The number of aliphatic carboxylic acids is 1. The number of hydrogen-bond donors (Lipinski definition) is 1. The number of fused-ring (bicyclic) bond motifs is 1. The summed E-state index contributed by atoms with van der Waals surface area (Å²) in [5.41, 5.74) is -1.37. The summed E-state index contributed by atoms with van der Waals surface area (Å²) >= 11 is 0. The van der Waals surface area contributed by atoms with Gasteiger partial charge in [-0.05, 0) is 24.3 Å². The van der Waals surface area contributed by atoms with Crippen molar-refractivity contribution in [2.75, 3.05) is 0 Å². The van der Waals surface area contributed by atoms with E-state index in [1.165, 1.54) is 36.7 Å². The van der Waals surface area contributed by atoms with Crippen LogP contribution in [0.25, 0.3) is 11.0 Å². The maximum absolute atomic E-state index is 12.6. The highest BCUT2D eigenvalue weighted by atomic mass is 16.7. The number of carboxylic acid groups (broad SMARTS) is 1. The average molecular weight is 430 g/mol. The molecule has 0 atom stereocenters. The lowest BCUT2D eigenvalue weighted by atomic mass is 10.0. The first-order valence-electron chi connectivity index (χ1n) is 9.27. The van der Waals surface area contributed by atoms with E-state index in [4.69, 9.17) is 4.42 Å². The van der Waals surface area contributed by atoms with Crippen LogP contribution >= 0.6 is 0 Å². The van der Waals surface area contributed by atoms with Crippen LogP contribution in [0.3, 0.4) is 0 Å². The summed E-state index contributed by atoms with van der Waals surface area (Å²) in [5, 5.41) is 13.1. The second kappa shape index (κ2) is 8.52. The molecule has 0 unspecified atom stereocenters. The van der Waals surface area contributed by atoms with E-state index in [1.807, 2.05) is 0 Å². The fourth-order valence-electron chi connectivity index (χ4n) is 2.97. The number of hydrogen-bond acceptors (Lipinski definition) is 7. The van der Waals surface area contributed by atoms with Gasteiger partial charge in [0.05, 0.1) is 5.56 Å². The maximum Gasteiger partial charge on any atom is 0.444 e. The van der Waals surface area contributed by atoms with Gasteiger partial charge in [-0.1, -0.05) is 47.6 Å². The van der Waals surface area contributed by atoms with Crippen LogP contribution in [-0.2, 0) is 9.63 Å². The van der Waals surface area contributed by atoms with Gasteiger partial charge in [-0.2, -0.15) is 0 Å². The van der Waals surface area contributed by atoms with Crippen LogP contribution in [0.15, 0.2) is 93.5 Å². The number of ketones is 1. The topological polar surface area (TPSA) is 128 Å². The lowest BCUT2D eigenvalue weighted by Crippen LogP contribution is -2.23. The molecule has 2 heterocycles. The van der Waals surface area contributed by atoms with Gasteiger partial charge in [-0.25, -0.2) is 14.4 Å². The van der Waals surface area contributed by atoms with E-state index in [9.17, 15) is 24.3 Å². The van der Waals surface area contributed by atoms with E-state index in [0.717, 1.165) is 4.57 Å². The minimum Gasteiger partial charge on any atom is -0.476 e. The van der Waals surface area contributed by atoms with Crippen molar-refractivity contribution in [2.45, 2.75) is 0 Å². The molecule has 4 aromatic rings. The molecular weight excluding hydrogens is 416 g/mol. The largest absolute Gasteiger partial charge is 0.476 e. The van der Waals surface area contributed by atoms with Gasteiger partial charge in [-0.3, -0.25) is 14.2 Å². The van der Waals surface area contributed by atoms with Crippen molar-refractivity contribution >= 4 is 34.5 Å². The third-order valence-electron chi connectivity index (χ3n) is 4.52. The highest BCUT2D eigenvalue weighted by Gasteiger charge is 2.21. The molecule has 0 amide bonds. The number of carbonyl (C=O) groups is 3. The van der Waals surface area contributed by atoms with Crippen LogP contribution in [0.2, 0.25) is 0 Å². The molecule has 158 valence electrons. The smallest absolute Gasteiger partial charge is 0.444 e. The Labute approximate surface area is 179 Å². The molecule has 0 fully saturated rings. The van der Waals surface area contributed by atoms with Gasteiger partial charge in [-0.15, -0.1) is 0 Å². The van der Waals surface area contributed by atoms with Crippen LogP contribution < -0.4 is 5.63 Å². The van der Waals surface area contributed by atoms with E-state index < -0.39 is 29.0 Å². The molecule has 0 saturated heterocycles. The molecule has 0 aliphatic carbocycles. The zero-order valence-corrected chi connectivity index (χ0v) is 16.3. The molecule has 0 spiro atoms. The van der Waals surface area contributed by atoms with E-state index in [0.29, 0.717) is 16.5 Å². The zero-order valence-electron chi connectivity index (χ0n) is 16.3. The van der Waals surface area contributed by atoms with Crippen LogP contribution in [0.1, 0.15) is 21.5 Å². The van der Waals surface area contributed by atoms with Gasteiger partial charge in [0, 0.05) is 28.9 Å². The van der Waals surface area contributed by atoms with Gasteiger partial charge in [0.2, 0.25) is 5.71 Å². The van der Waals surface area contributed by atoms with Crippen LogP contribution in [0, 0.1) is 0 Å². The summed E-state index contributed by atoms with van der Waals surface area (Å²) < 4.78 is 6.27. The number of carboxylic acids is 1. The maximum atomic E-state index is 12.6. The highest BCUT2D eigenvalue weighted by Crippen LogP contribution is 2.19. The van der Waals surface area contributed by atoms with Gasteiger partial charge in [0.15, 0.2) is 5.78 Å². The quantitative estimate of drug-likeness (QED) is 0.169. The molecule has 0 aliphatic heterocycles. The van der Waals surface area contributed by atoms with Gasteiger partial charge in [0.1, 0.15) is 5.58 Å². The summed E-state index contributed by atoms with van der Waals surface area (Å²) in [6, 6.07) is 17.4. The number of benzene rings is 2. The van der Waals surface area contributed by atoms with Gasteiger partial charge >= 0.3 is 17.7 Å². The van der Waals surface area contributed by atoms with Gasteiger partial charge < -0.3 is 9.52 Å². The molecule has 2 aromatic heterocycles. The number of rotatable bonds is 5. The Morgan fingerprint density at radius 3 is 2.31 bits per heavy atom. The van der Waals surface area contributed by atoms with Crippen LogP contribution in [0.4, 0.5) is 4.79 Å². The standard InChI is InChI=1S/C23H14N2O7/c26-20(14-6-2-1-3-7-14)16-9-8-15-12-17(22(29)31-18(15)13-16)19(21(27)28)24-32-23(30)25-10-4-5-11-25/h1-13H,(H,27,28)/b24-19-. The fraction of sp³-hybridized carbons (Fsp3) is 0. The second-order valence-electron chi connectivity index (χ2n) is 6.59. The second-order valence-corrected chi connectivity index (χ2v) is 6.59. The summed E-state index contributed by atoms with van der Waals surface area (Å²) in [6.07, 6.45) is 1.82. The third kappa shape index (κ3) is 4.08. The van der Waals surface area contributed by atoms with Crippen molar-refractivity contribution < 1.29 is 28.7 Å². The molecule has 0 saturated carbocycles. The minimum absolute atomic E-state index is 0.0922. The Hall–Kier alpha value is -4.79. The zero-order chi connectivity index (χ0) is 22.7. The predicted octanol–water partition coefficient (Wildman–Crippen LogP) is 3.30. The molecule has 2 aromatic carbocycles. The monoisotopic (exact) mass is 430 g/mol. The number of nitrogens with zero attached hydrogens (tertiary/aromatic N) is 2. The molecular formula is C23H14N2O7. The molecule has 1 N–H and O–H groups in total. The minimum atomic E-state index is -1.59. The van der Waals surface area contributed by atoms with E-state index in [1.54, 1.807) is 42.5 Å². The van der Waals surface area contributed by atoms with Gasteiger partial charge in [0.25, 0.3) is 0 Å². The first-order chi connectivity index (χ1) is 15.4. The Morgan fingerprint density at radius 1 is 0.906 bits per heavy atom. The number of aromatic nitrogens is 1. The van der Waals surface area contributed by atoms with E-state index in [-0.39, 0.29) is 11.4 Å². The first-order valence-corrected chi connectivity index (χ1v) is 9.27. The SMILES string of the molecule is O=C(O)/C(=N\OC(=O)n1cccc1)c1cc2ccc(C(=O)c3ccccc3)cc2oc1=O. The molecule has 9 heteroatoms. The fourth-order valence-corrected chi connectivity index (χ4v) is 2.97. The molecule has 32 heavy (non-hydrogen) atoms. The number of oxime groups is 1. The summed E-state index contributed by atoms with van der Waals surface area (Å²) in [5.74, 6) is -1.85. The predicted molar refractivity (Wildman–Crippen MR) is 113 cm³/mol. The lowest BCUT2D eigenvalue weighted by molar-refractivity contribution is -0.129. The normalized spacial score (nSPS) is 11.3. The Balaban J connectivity index is 1.69. The highest BCUT2D eigenvalue weighted by molar-refractivity contribution is 6.42. The van der Waals surface area contributed by atoms with Crippen molar-refractivity contribution in [2.24, 2.45) is 5.16 Å². The van der Waals surface area contributed by atoms with Crippen molar-refractivity contribution in [3.8, 4) is 0 Å². The Kier molecular flexibility index (Phi) is 5.45. The number of carbonyl (C=O) groups excluding carboxylic acids is 2. The molecule has 0 radical (unpaired) electrons. The van der Waals surface area contributed by atoms with Crippen molar-refractivity contribution in [1.82, 2.24) is 4.57 Å². The lowest BCUT2D eigenvalue weighted by Gasteiger charge is -2.05. The summed E-state index contributed by atoms with van der Waals surface area (Å²) in [7, 11) is 0. The summed E-state index contributed by atoms with van der Waals surface area (Å²) in [4.78, 5) is 53.2. The van der Waals surface area contributed by atoms with E-state index >= 15 is 0 Å². The van der Waals surface area contributed by atoms with Crippen molar-refractivity contribution in [3.05, 3.63) is 106 Å².